The van der Waals surface area contributed by atoms with Crippen molar-refractivity contribution < 1.29 is 0 Å². The van der Waals surface area contributed by atoms with Gasteiger partial charge in [0.1, 0.15) is 11.3 Å². The van der Waals surface area contributed by atoms with Gasteiger partial charge in [-0.15, -0.1) is 11.6 Å². The molecule has 0 fully saturated rings. The molecule has 0 amide bonds. The largest absolute Gasteiger partial charge is 0.325 e. The number of hydrogen-bond donors (Lipinski definition) is 0. The molecular formula is C16H19ClN4. The SMILES string of the molecule is CCN(C)CCn1c(CCl)nc2cnc3ccccc3c21. The number of alkyl halides is 1. The summed E-state index contributed by atoms with van der Waals surface area (Å²) in [7, 11) is 2.12. The fraction of sp³-hybridized carbons (Fsp3) is 0.375. The van der Waals surface area contributed by atoms with Gasteiger partial charge in [-0.1, -0.05) is 25.1 Å². The Morgan fingerprint density at radius 1 is 1.24 bits per heavy atom. The number of halogens is 1. The summed E-state index contributed by atoms with van der Waals surface area (Å²) in [6.45, 7) is 5.05. The topological polar surface area (TPSA) is 34.0 Å². The van der Waals surface area contributed by atoms with E-state index in [1.807, 2.05) is 24.4 Å². The molecule has 110 valence electrons. The Kier molecular flexibility index (Phi) is 4.08. The van der Waals surface area contributed by atoms with Crippen LogP contribution >= 0.6 is 11.6 Å². The van der Waals surface area contributed by atoms with E-state index in [9.17, 15) is 0 Å². The molecule has 0 aliphatic heterocycles. The first-order chi connectivity index (χ1) is 10.2. The number of para-hydroxylation sites is 1. The van der Waals surface area contributed by atoms with E-state index in [0.29, 0.717) is 5.88 Å². The van der Waals surface area contributed by atoms with Gasteiger partial charge in [0.25, 0.3) is 0 Å². The monoisotopic (exact) mass is 302 g/mol. The first kappa shape index (κ1) is 14.3. The maximum Gasteiger partial charge on any atom is 0.124 e. The summed E-state index contributed by atoms with van der Waals surface area (Å²) in [5.41, 5.74) is 3.06. The summed E-state index contributed by atoms with van der Waals surface area (Å²) in [6, 6.07) is 8.18. The maximum absolute atomic E-state index is 6.09. The highest BCUT2D eigenvalue weighted by Crippen LogP contribution is 2.25. The maximum atomic E-state index is 6.09. The predicted molar refractivity (Wildman–Crippen MR) is 87.8 cm³/mol. The van der Waals surface area contributed by atoms with E-state index in [-0.39, 0.29) is 0 Å². The molecular weight excluding hydrogens is 284 g/mol. The van der Waals surface area contributed by atoms with E-state index in [0.717, 1.165) is 47.4 Å². The van der Waals surface area contributed by atoms with Crippen LogP contribution in [0.2, 0.25) is 0 Å². The zero-order chi connectivity index (χ0) is 14.8. The van der Waals surface area contributed by atoms with Crippen LogP contribution in [0.4, 0.5) is 0 Å². The molecule has 21 heavy (non-hydrogen) atoms. The van der Waals surface area contributed by atoms with E-state index in [2.05, 4.69) is 39.5 Å². The molecule has 3 aromatic rings. The van der Waals surface area contributed by atoms with Gasteiger partial charge in [0.15, 0.2) is 0 Å². The summed E-state index contributed by atoms with van der Waals surface area (Å²) < 4.78 is 2.23. The molecule has 0 atom stereocenters. The summed E-state index contributed by atoms with van der Waals surface area (Å²) in [5, 5.41) is 1.14. The van der Waals surface area contributed by atoms with Crippen LogP contribution in [-0.4, -0.2) is 39.6 Å². The van der Waals surface area contributed by atoms with E-state index in [1.165, 1.54) is 0 Å². The van der Waals surface area contributed by atoms with Crippen molar-refractivity contribution >= 4 is 33.5 Å². The lowest BCUT2D eigenvalue weighted by Crippen LogP contribution is -2.23. The lowest BCUT2D eigenvalue weighted by molar-refractivity contribution is 0.336. The van der Waals surface area contributed by atoms with Crippen LogP contribution in [0, 0.1) is 0 Å². The second-order valence-electron chi connectivity index (χ2n) is 5.22. The third-order valence-corrected chi connectivity index (χ3v) is 4.16. The highest BCUT2D eigenvalue weighted by molar-refractivity contribution is 6.17. The van der Waals surface area contributed by atoms with Gasteiger partial charge in [-0.3, -0.25) is 4.98 Å². The van der Waals surface area contributed by atoms with Crippen molar-refractivity contribution in [3.63, 3.8) is 0 Å². The van der Waals surface area contributed by atoms with Gasteiger partial charge in [-0.2, -0.15) is 0 Å². The van der Waals surface area contributed by atoms with Crippen molar-refractivity contribution in [2.75, 3.05) is 20.1 Å². The van der Waals surface area contributed by atoms with E-state index < -0.39 is 0 Å². The minimum atomic E-state index is 0.416. The highest BCUT2D eigenvalue weighted by Gasteiger charge is 2.13. The Morgan fingerprint density at radius 3 is 2.81 bits per heavy atom. The molecule has 2 aromatic heterocycles. The number of nitrogens with zero attached hydrogens (tertiary/aromatic N) is 4. The number of hydrogen-bond acceptors (Lipinski definition) is 3. The Hall–Kier alpha value is -1.65. The zero-order valence-electron chi connectivity index (χ0n) is 12.4. The zero-order valence-corrected chi connectivity index (χ0v) is 13.1. The van der Waals surface area contributed by atoms with Crippen LogP contribution < -0.4 is 0 Å². The van der Waals surface area contributed by atoms with Crippen LogP contribution in [0.15, 0.2) is 30.5 Å². The normalized spacial score (nSPS) is 11.8. The lowest BCUT2D eigenvalue weighted by Gasteiger charge is -2.16. The van der Waals surface area contributed by atoms with Crippen LogP contribution in [-0.2, 0) is 12.4 Å². The molecule has 5 heteroatoms. The third kappa shape index (κ3) is 2.61. The van der Waals surface area contributed by atoms with Gasteiger partial charge in [-0.25, -0.2) is 4.98 Å². The molecule has 0 spiro atoms. The second kappa shape index (κ2) is 6.00. The van der Waals surface area contributed by atoms with Crippen molar-refractivity contribution in [2.24, 2.45) is 0 Å². The molecule has 0 aliphatic rings. The smallest absolute Gasteiger partial charge is 0.124 e. The van der Waals surface area contributed by atoms with Gasteiger partial charge < -0.3 is 9.47 Å². The fourth-order valence-electron chi connectivity index (χ4n) is 2.58. The number of fused-ring (bicyclic) bond motifs is 3. The van der Waals surface area contributed by atoms with E-state index in [4.69, 9.17) is 11.6 Å². The number of pyridine rings is 1. The second-order valence-corrected chi connectivity index (χ2v) is 5.49. The predicted octanol–water partition coefficient (Wildman–Crippen LogP) is 3.28. The van der Waals surface area contributed by atoms with Gasteiger partial charge in [0, 0.05) is 18.5 Å². The van der Waals surface area contributed by atoms with Crippen LogP contribution in [0.5, 0.6) is 0 Å². The average Bonchev–Trinajstić information content (AvgIpc) is 2.90. The van der Waals surface area contributed by atoms with Gasteiger partial charge in [0.05, 0.1) is 23.1 Å². The van der Waals surface area contributed by atoms with Gasteiger partial charge >= 0.3 is 0 Å². The molecule has 0 saturated heterocycles. The van der Waals surface area contributed by atoms with Crippen LogP contribution in [0.25, 0.3) is 21.9 Å². The summed E-state index contributed by atoms with van der Waals surface area (Å²) in [4.78, 5) is 11.4. The third-order valence-electron chi connectivity index (χ3n) is 3.92. The number of aromatic nitrogens is 3. The number of benzene rings is 1. The average molecular weight is 303 g/mol. The van der Waals surface area contributed by atoms with Crippen molar-refractivity contribution in [2.45, 2.75) is 19.3 Å². The molecule has 2 heterocycles. The fourth-order valence-corrected chi connectivity index (χ4v) is 2.79. The van der Waals surface area contributed by atoms with Crippen molar-refractivity contribution in [3.05, 3.63) is 36.3 Å². The molecule has 4 nitrogen and oxygen atoms in total. The Labute approximate surface area is 129 Å². The molecule has 0 aliphatic carbocycles. The minimum absolute atomic E-state index is 0.416. The van der Waals surface area contributed by atoms with Crippen LogP contribution in [0.1, 0.15) is 12.7 Å². The lowest BCUT2D eigenvalue weighted by atomic mass is 10.2. The molecule has 0 radical (unpaired) electrons. The Bertz CT molecular complexity index is 765. The number of likely N-dealkylation sites (N-methyl/N-ethyl adjacent to an activating group) is 1. The summed E-state index contributed by atoms with van der Waals surface area (Å²) in [5.74, 6) is 1.33. The highest BCUT2D eigenvalue weighted by atomic mass is 35.5. The first-order valence-corrected chi connectivity index (χ1v) is 7.75. The van der Waals surface area contributed by atoms with E-state index in [1.54, 1.807) is 0 Å². The molecule has 0 N–H and O–H groups in total. The standard InChI is InChI=1S/C16H19ClN4/c1-3-20(2)8-9-21-15(10-17)19-14-11-18-13-7-5-4-6-12(13)16(14)21/h4-7,11H,3,8-10H2,1-2H3. The molecule has 3 rings (SSSR count). The molecule has 0 unspecified atom stereocenters. The minimum Gasteiger partial charge on any atom is -0.325 e. The summed E-state index contributed by atoms with van der Waals surface area (Å²) in [6.07, 6.45) is 1.84. The number of rotatable bonds is 5. The first-order valence-electron chi connectivity index (χ1n) is 7.22. The summed E-state index contributed by atoms with van der Waals surface area (Å²) >= 11 is 6.09. The van der Waals surface area contributed by atoms with Gasteiger partial charge in [-0.05, 0) is 19.7 Å². The van der Waals surface area contributed by atoms with Crippen LogP contribution in [0.3, 0.4) is 0 Å². The van der Waals surface area contributed by atoms with Crippen molar-refractivity contribution in [1.82, 2.24) is 19.4 Å². The molecule has 0 bridgehead atoms. The van der Waals surface area contributed by atoms with E-state index >= 15 is 0 Å². The number of imidazole rings is 1. The van der Waals surface area contributed by atoms with Crippen molar-refractivity contribution in [1.29, 1.82) is 0 Å². The Morgan fingerprint density at radius 2 is 2.05 bits per heavy atom. The quantitative estimate of drug-likeness (QED) is 0.678. The van der Waals surface area contributed by atoms with Gasteiger partial charge in [0.2, 0.25) is 0 Å². The molecule has 0 saturated carbocycles. The Balaban J connectivity index is 2.17. The molecule has 1 aromatic carbocycles. The van der Waals surface area contributed by atoms with Crippen molar-refractivity contribution in [3.8, 4) is 0 Å².